The number of allylic oxidation sites excluding steroid dienone is 17. The molecule has 0 fully saturated rings. The van der Waals surface area contributed by atoms with Crippen LogP contribution in [-0.4, -0.2) is 68.5 Å². The van der Waals surface area contributed by atoms with Gasteiger partial charge in [-0.05, 0) is 83.5 Å². The molecule has 0 saturated heterocycles. The Morgan fingerprint density at radius 3 is 1.19 bits per heavy atom. The number of aliphatic hydroxyl groups excluding tert-OH is 1. The summed E-state index contributed by atoms with van der Waals surface area (Å²) in [5.74, 6) is -0.200. The van der Waals surface area contributed by atoms with E-state index < -0.39 is 20.0 Å². The zero-order chi connectivity index (χ0) is 54.9. The van der Waals surface area contributed by atoms with Gasteiger partial charge in [-0.2, -0.15) is 0 Å². The highest BCUT2D eigenvalue weighted by Crippen LogP contribution is 2.38. The molecule has 0 aliphatic heterocycles. The van der Waals surface area contributed by atoms with Crippen LogP contribution in [-0.2, 0) is 18.4 Å². The summed E-state index contributed by atoms with van der Waals surface area (Å²) in [6.07, 6.45) is 81.9. The van der Waals surface area contributed by atoms with Gasteiger partial charge in [-0.15, -0.1) is 0 Å². The van der Waals surface area contributed by atoms with Crippen molar-refractivity contribution in [1.82, 2.24) is 5.32 Å². The van der Waals surface area contributed by atoms with Crippen molar-refractivity contribution in [2.45, 2.75) is 264 Å². The van der Waals surface area contributed by atoms with Crippen LogP contribution in [0.1, 0.15) is 251 Å². The highest BCUT2D eigenvalue weighted by atomic mass is 31.2. The first-order valence-corrected chi connectivity index (χ1v) is 32.2. The number of carbonyl (C=O) groups excluding carboxylic acids is 1. The molecule has 0 rings (SSSR count). The molecule has 3 unspecified atom stereocenters. The van der Waals surface area contributed by atoms with Crippen LogP contribution in [0.2, 0.25) is 0 Å². The van der Waals surface area contributed by atoms with Crippen LogP contribution in [0, 0.1) is 0 Å². The normalized spacial score (nSPS) is 14.6. The van der Waals surface area contributed by atoms with Gasteiger partial charge in [0, 0.05) is 6.42 Å². The van der Waals surface area contributed by atoms with Crippen LogP contribution < -0.4 is 10.2 Å². The molecule has 0 radical (unpaired) electrons. The molecule has 2 N–H and O–H groups in total. The third-order valence-corrected chi connectivity index (χ3v) is 14.2. The summed E-state index contributed by atoms with van der Waals surface area (Å²) >= 11 is 0. The van der Waals surface area contributed by atoms with Gasteiger partial charge >= 0.3 is 0 Å². The maximum Gasteiger partial charge on any atom is 0.268 e. The molecule has 0 spiro atoms. The van der Waals surface area contributed by atoms with Gasteiger partial charge in [-0.25, -0.2) is 0 Å². The third-order valence-electron chi connectivity index (χ3n) is 13.2. The second kappa shape index (κ2) is 55.9. The van der Waals surface area contributed by atoms with E-state index in [0.717, 1.165) is 89.9 Å². The van der Waals surface area contributed by atoms with E-state index in [1.807, 2.05) is 27.2 Å². The fraction of sp³-hybridized carbons (Fsp3) is 0.712. The lowest BCUT2D eigenvalue weighted by Crippen LogP contribution is -2.45. The Labute approximate surface area is 463 Å². The zero-order valence-corrected chi connectivity index (χ0v) is 50.1. The Bertz CT molecular complexity index is 1590. The van der Waals surface area contributed by atoms with Gasteiger partial charge in [-0.1, -0.05) is 271 Å². The Hall–Kier alpha value is -2.84. The minimum Gasteiger partial charge on any atom is -0.756 e. The number of aliphatic hydroxyl groups is 1. The number of nitrogens with zero attached hydrogens (tertiary/aromatic N) is 1. The molecule has 0 bridgehead atoms. The summed E-state index contributed by atoms with van der Waals surface area (Å²) in [5.41, 5.74) is 0. The van der Waals surface area contributed by atoms with Crippen molar-refractivity contribution in [3.63, 3.8) is 0 Å². The van der Waals surface area contributed by atoms with Crippen LogP contribution in [0.25, 0.3) is 0 Å². The number of hydrogen-bond acceptors (Lipinski definition) is 6. The van der Waals surface area contributed by atoms with Gasteiger partial charge in [0.1, 0.15) is 13.2 Å². The lowest BCUT2D eigenvalue weighted by molar-refractivity contribution is -0.870. The maximum atomic E-state index is 12.9. The van der Waals surface area contributed by atoms with E-state index in [0.29, 0.717) is 17.4 Å². The number of likely N-dealkylation sites (N-methyl/N-ethyl adjacent to an activating group) is 1. The molecular formula is C66H117N2O6P. The van der Waals surface area contributed by atoms with E-state index in [1.54, 1.807) is 6.08 Å². The van der Waals surface area contributed by atoms with Gasteiger partial charge in [0.15, 0.2) is 0 Å². The van der Waals surface area contributed by atoms with Gasteiger partial charge in [0.25, 0.3) is 7.82 Å². The molecule has 0 aromatic carbocycles. The summed E-state index contributed by atoms with van der Waals surface area (Å²) in [5, 5.41) is 13.8. The largest absolute Gasteiger partial charge is 0.756 e. The standard InChI is InChI=1S/C66H117N2O6P/c1-6-8-10-12-14-16-18-20-21-22-23-24-25-26-27-28-29-30-31-32-33-34-35-36-37-38-39-40-41-42-43-44-45-46-47-48-50-52-54-56-58-60-66(70)67-64(63-74-75(71,72)73-62-61-68(3,4)5)65(69)59-57-55-53-51-49-19-17-15-13-11-9-7-2/h8,10,14,16,20-21,23-24,26-27,29-30,32-33,35-36,57,59,64-65,69H,6-7,9,11-13,15,17-19,22,25,28,31,34,37-56,58,60-63H2,1-5H3,(H-,67,70,71,72)/b10-8-,16-14-,21-20-,24-23-,27-26-,30-29-,33-32-,36-35-,59-57+. The summed E-state index contributed by atoms with van der Waals surface area (Å²) in [4.78, 5) is 25.4. The molecule has 0 heterocycles. The number of phosphoric acid groups is 1. The Balaban J connectivity index is 3.96. The van der Waals surface area contributed by atoms with Crippen LogP contribution in [0.3, 0.4) is 0 Å². The molecule has 432 valence electrons. The maximum absolute atomic E-state index is 12.9. The molecular weight excluding hydrogens is 948 g/mol. The average Bonchev–Trinajstić information content (AvgIpc) is 3.37. The van der Waals surface area contributed by atoms with Gasteiger partial charge < -0.3 is 28.8 Å². The molecule has 8 nitrogen and oxygen atoms in total. The number of carbonyl (C=O) groups is 1. The smallest absolute Gasteiger partial charge is 0.268 e. The fourth-order valence-electron chi connectivity index (χ4n) is 8.46. The topological polar surface area (TPSA) is 108 Å². The predicted octanol–water partition coefficient (Wildman–Crippen LogP) is 18.5. The van der Waals surface area contributed by atoms with Crippen molar-refractivity contribution in [1.29, 1.82) is 0 Å². The fourth-order valence-corrected chi connectivity index (χ4v) is 9.19. The van der Waals surface area contributed by atoms with Gasteiger partial charge in [0.05, 0.1) is 39.9 Å². The molecule has 0 saturated carbocycles. The number of phosphoric ester groups is 1. The van der Waals surface area contributed by atoms with Crippen LogP contribution in [0.5, 0.6) is 0 Å². The Morgan fingerprint density at radius 2 is 0.813 bits per heavy atom. The number of quaternary nitrogens is 1. The van der Waals surface area contributed by atoms with Crippen LogP contribution in [0.15, 0.2) is 109 Å². The Kier molecular flexibility index (Phi) is 53.8. The molecule has 0 aromatic rings. The second-order valence-electron chi connectivity index (χ2n) is 21.7. The lowest BCUT2D eigenvalue weighted by Gasteiger charge is -2.29. The minimum atomic E-state index is -4.60. The molecule has 9 heteroatoms. The third kappa shape index (κ3) is 58.7. The van der Waals surface area contributed by atoms with E-state index in [2.05, 4.69) is 116 Å². The molecule has 75 heavy (non-hydrogen) atoms. The summed E-state index contributed by atoms with van der Waals surface area (Å²) < 4.78 is 23.3. The highest BCUT2D eigenvalue weighted by Gasteiger charge is 2.23. The van der Waals surface area contributed by atoms with Crippen molar-refractivity contribution >= 4 is 13.7 Å². The van der Waals surface area contributed by atoms with Crippen molar-refractivity contribution in [3.8, 4) is 0 Å². The van der Waals surface area contributed by atoms with Crippen LogP contribution >= 0.6 is 7.82 Å². The first-order chi connectivity index (χ1) is 36.5. The van der Waals surface area contributed by atoms with Crippen LogP contribution in [0.4, 0.5) is 0 Å². The quantitative estimate of drug-likeness (QED) is 0.0272. The first kappa shape index (κ1) is 72.2. The van der Waals surface area contributed by atoms with E-state index in [1.165, 1.54) is 141 Å². The van der Waals surface area contributed by atoms with Gasteiger partial charge in [0.2, 0.25) is 5.91 Å². The molecule has 0 aliphatic carbocycles. The Morgan fingerprint density at radius 1 is 0.480 bits per heavy atom. The van der Waals surface area contributed by atoms with Crippen molar-refractivity contribution in [2.75, 3.05) is 40.9 Å². The van der Waals surface area contributed by atoms with E-state index in [9.17, 15) is 19.4 Å². The zero-order valence-electron chi connectivity index (χ0n) is 49.2. The summed E-state index contributed by atoms with van der Waals surface area (Å²) in [6.45, 7) is 4.52. The second-order valence-corrected chi connectivity index (χ2v) is 23.1. The van der Waals surface area contributed by atoms with Crippen molar-refractivity contribution < 1.29 is 32.9 Å². The molecule has 3 atom stereocenters. The number of nitrogens with one attached hydrogen (secondary N) is 1. The number of amides is 1. The summed E-state index contributed by atoms with van der Waals surface area (Å²) in [6, 6.07) is -0.890. The van der Waals surface area contributed by atoms with E-state index in [-0.39, 0.29) is 19.1 Å². The van der Waals surface area contributed by atoms with Crippen molar-refractivity contribution in [3.05, 3.63) is 109 Å². The number of unbranched alkanes of at least 4 members (excludes halogenated alkanes) is 26. The summed E-state index contributed by atoms with van der Waals surface area (Å²) in [7, 11) is 1.26. The van der Waals surface area contributed by atoms with Gasteiger partial charge in [-0.3, -0.25) is 9.36 Å². The van der Waals surface area contributed by atoms with E-state index >= 15 is 0 Å². The van der Waals surface area contributed by atoms with E-state index in [4.69, 9.17) is 9.05 Å². The SMILES string of the molecule is CC/C=C\C/C=C\C/C=C\C/C=C\C/C=C\C/C=C\C/C=C\C/C=C\CCCCCCCCCCCCCCCCCCC(=O)NC(COP(=O)([O-])OCC[N+](C)(C)C)C(O)/C=C/CCCCCCCCCCCC. The molecule has 0 aromatic heterocycles. The van der Waals surface area contributed by atoms with Crippen molar-refractivity contribution in [2.24, 2.45) is 0 Å². The lowest BCUT2D eigenvalue weighted by atomic mass is 10.0. The number of hydrogen-bond donors (Lipinski definition) is 2. The first-order valence-electron chi connectivity index (χ1n) is 30.7. The molecule has 0 aliphatic rings. The predicted molar refractivity (Wildman–Crippen MR) is 325 cm³/mol. The number of rotatable bonds is 55. The highest BCUT2D eigenvalue weighted by molar-refractivity contribution is 7.45. The average molecular weight is 1070 g/mol. The monoisotopic (exact) mass is 1060 g/mol. The minimum absolute atomic E-state index is 0.00374. The molecule has 1 amide bonds.